The Hall–Kier alpha value is -0.300. The SMILES string of the molecule is [CH2]C(CC=C)N(C)C. The van der Waals surface area contributed by atoms with E-state index in [0.717, 1.165) is 6.42 Å². The lowest BCUT2D eigenvalue weighted by atomic mass is 10.2. The maximum atomic E-state index is 3.88. The molecule has 0 fully saturated rings. The summed E-state index contributed by atoms with van der Waals surface area (Å²) < 4.78 is 0. The van der Waals surface area contributed by atoms with Gasteiger partial charge in [0.25, 0.3) is 0 Å². The lowest BCUT2D eigenvalue weighted by Crippen LogP contribution is -2.23. The third-order valence-electron chi connectivity index (χ3n) is 1.17. The summed E-state index contributed by atoms with van der Waals surface area (Å²) in [4.78, 5) is 2.07. The quantitative estimate of drug-likeness (QED) is 0.498. The monoisotopic (exact) mass is 112 g/mol. The summed E-state index contributed by atoms with van der Waals surface area (Å²) in [5, 5.41) is 0. The Morgan fingerprint density at radius 1 is 1.62 bits per heavy atom. The first-order chi connectivity index (χ1) is 3.68. The van der Waals surface area contributed by atoms with Gasteiger partial charge >= 0.3 is 0 Å². The minimum Gasteiger partial charge on any atom is -0.306 e. The minimum absolute atomic E-state index is 0.382. The summed E-state index contributed by atoms with van der Waals surface area (Å²) in [6.45, 7) is 7.50. The van der Waals surface area contributed by atoms with Gasteiger partial charge in [-0.1, -0.05) is 6.08 Å². The molecule has 0 saturated carbocycles. The third-order valence-corrected chi connectivity index (χ3v) is 1.17. The van der Waals surface area contributed by atoms with Crippen molar-refractivity contribution in [3.8, 4) is 0 Å². The maximum Gasteiger partial charge on any atom is 0.0124 e. The van der Waals surface area contributed by atoms with Crippen LogP contribution in [-0.2, 0) is 0 Å². The van der Waals surface area contributed by atoms with Crippen LogP contribution in [0.4, 0.5) is 0 Å². The average Bonchev–Trinajstić information content (AvgIpc) is 1.67. The van der Waals surface area contributed by atoms with Gasteiger partial charge in [-0.05, 0) is 27.4 Å². The van der Waals surface area contributed by atoms with Crippen LogP contribution in [0.25, 0.3) is 0 Å². The van der Waals surface area contributed by atoms with Gasteiger partial charge in [0.1, 0.15) is 0 Å². The summed E-state index contributed by atoms with van der Waals surface area (Å²) in [6.07, 6.45) is 2.85. The molecule has 0 heterocycles. The summed E-state index contributed by atoms with van der Waals surface area (Å²) in [5.74, 6) is 0. The highest BCUT2D eigenvalue weighted by Crippen LogP contribution is 1.95. The van der Waals surface area contributed by atoms with E-state index in [1.54, 1.807) is 0 Å². The van der Waals surface area contributed by atoms with Crippen LogP contribution in [0.15, 0.2) is 12.7 Å². The van der Waals surface area contributed by atoms with E-state index in [2.05, 4.69) is 18.4 Å². The van der Waals surface area contributed by atoms with E-state index >= 15 is 0 Å². The van der Waals surface area contributed by atoms with Gasteiger partial charge < -0.3 is 4.90 Å². The van der Waals surface area contributed by atoms with Crippen molar-refractivity contribution in [3.05, 3.63) is 19.6 Å². The van der Waals surface area contributed by atoms with Gasteiger partial charge in [-0.15, -0.1) is 6.58 Å². The summed E-state index contributed by atoms with van der Waals surface area (Å²) in [7, 11) is 4.03. The van der Waals surface area contributed by atoms with Gasteiger partial charge in [-0.25, -0.2) is 0 Å². The number of hydrogen-bond donors (Lipinski definition) is 0. The highest BCUT2D eigenvalue weighted by molar-refractivity contribution is 4.78. The lowest BCUT2D eigenvalue weighted by molar-refractivity contribution is 0.343. The molecule has 0 aliphatic rings. The molecule has 1 nitrogen and oxygen atoms in total. The summed E-state index contributed by atoms with van der Waals surface area (Å²) in [5.41, 5.74) is 0. The molecule has 0 bridgehead atoms. The van der Waals surface area contributed by atoms with E-state index in [0.29, 0.717) is 6.04 Å². The molecular formula is C7H14N. The molecule has 0 aliphatic carbocycles. The molecule has 0 spiro atoms. The molecular weight excluding hydrogens is 98.1 g/mol. The van der Waals surface area contributed by atoms with Gasteiger partial charge in [0.05, 0.1) is 0 Å². The highest BCUT2D eigenvalue weighted by Gasteiger charge is 1.98. The van der Waals surface area contributed by atoms with Gasteiger partial charge in [0.2, 0.25) is 0 Å². The molecule has 0 N–H and O–H groups in total. The second-order valence-electron chi connectivity index (χ2n) is 2.14. The molecule has 0 aromatic rings. The molecule has 0 aromatic heterocycles. The number of nitrogens with zero attached hydrogens (tertiary/aromatic N) is 1. The second-order valence-corrected chi connectivity index (χ2v) is 2.14. The summed E-state index contributed by atoms with van der Waals surface area (Å²) in [6, 6.07) is 0.382. The fourth-order valence-electron chi connectivity index (χ4n) is 0.403. The molecule has 0 amide bonds. The van der Waals surface area contributed by atoms with Gasteiger partial charge in [0.15, 0.2) is 0 Å². The van der Waals surface area contributed by atoms with E-state index < -0.39 is 0 Å². The van der Waals surface area contributed by atoms with E-state index in [4.69, 9.17) is 0 Å². The van der Waals surface area contributed by atoms with Crippen molar-refractivity contribution in [1.29, 1.82) is 0 Å². The lowest BCUT2D eigenvalue weighted by Gasteiger charge is -2.16. The predicted molar refractivity (Wildman–Crippen MR) is 37.6 cm³/mol. The normalized spacial score (nSPS) is 14.0. The number of hydrogen-bond acceptors (Lipinski definition) is 1. The van der Waals surface area contributed by atoms with E-state index in [1.165, 1.54) is 0 Å². The topological polar surface area (TPSA) is 3.24 Å². The van der Waals surface area contributed by atoms with Crippen molar-refractivity contribution in [2.75, 3.05) is 14.1 Å². The van der Waals surface area contributed by atoms with E-state index in [9.17, 15) is 0 Å². The van der Waals surface area contributed by atoms with Gasteiger partial charge in [-0.3, -0.25) is 0 Å². The zero-order valence-electron chi connectivity index (χ0n) is 5.72. The largest absolute Gasteiger partial charge is 0.306 e. The van der Waals surface area contributed by atoms with Gasteiger partial charge in [0, 0.05) is 6.04 Å². The Balaban J connectivity index is 3.30. The molecule has 1 heteroatoms. The van der Waals surface area contributed by atoms with Crippen molar-refractivity contribution in [1.82, 2.24) is 4.90 Å². The van der Waals surface area contributed by atoms with Gasteiger partial charge in [-0.2, -0.15) is 0 Å². The zero-order valence-corrected chi connectivity index (χ0v) is 5.72. The minimum atomic E-state index is 0.382. The van der Waals surface area contributed by atoms with Crippen molar-refractivity contribution in [2.45, 2.75) is 12.5 Å². The van der Waals surface area contributed by atoms with Crippen LogP contribution in [0.2, 0.25) is 0 Å². The maximum absolute atomic E-state index is 3.88. The fraction of sp³-hybridized carbons (Fsp3) is 0.571. The second kappa shape index (κ2) is 3.67. The molecule has 0 rings (SSSR count). The standard InChI is InChI=1S/C7H14N/c1-5-6-7(2)8(3)4/h5,7H,1-2,6H2,3-4H3. The molecule has 1 unspecified atom stereocenters. The van der Waals surface area contributed by atoms with Crippen LogP contribution >= 0.6 is 0 Å². The smallest absolute Gasteiger partial charge is 0.0124 e. The highest BCUT2D eigenvalue weighted by atomic mass is 15.1. The Kier molecular flexibility index (Phi) is 3.53. The third kappa shape index (κ3) is 2.80. The Labute approximate surface area is 52.0 Å². The Morgan fingerprint density at radius 3 is 2.25 bits per heavy atom. The fourth-order valence-corrected chi connectivity index (χ4v) is 0.403. The van der Waals surface area contributed by atoms with E-state index in [1.807, 2.05) is 20.2 Å². The van der Waals surface area contributed by atoms with Crippen LogP contribution in [0.1, 0.15) is 6.42 Å². The van der Waals surface area contributed by atoms with E-state index in [-0.39, 0.29) is 0 Å². The van der Waals surface area contributed by atoms with Crippen LogP contribution in [0.3, 0.4) is 0 Å². The molecule has 0 saturated heterocycles. The average molecular weight is 112 g/mol. The first-order valence-corrected chi connectivity index (χ1v) is 2.79. The Bertz CT molecular complexity index is 66.8. The van der Waals surface area contributed by atoms with Crippen LogP contribution < -0.4 is 0 Å². The van der Waals surface area contributed by atoms with Crippen molar-refractivity contribution >= 4 is 0 Å². The molecule has 0 aromatic carbocycles. The van der Waals surface area contributed by atoms with Crippen LogP contribution in [0.5, 0.6) is 0 Å². The van der Waals surface area contributed by atoms with Crippen LogP contribution in [0, 0.1) is 6.92 Å². The summed E-state index contributed by atoms with van der Waals surface area (Å²) >= 11 is 0. The van der Waals surface area contributed by atoms with Crippen molar-refractivity contribution in [2.24, 2.45) is 0 Å². The first kappa shape index (κ1) is 7.70. The zero-order chi connectivity index (χ0) is 6.57. The molecule has 1 atom stereocenters. The van der Waals surface area contributed by atoms with Crippen molar-refractivity contribution in [3.63, 3.8) is 0 Å². The number of rotatable bonds is 3. The van der Waals surface area contributed by atoms with Crippen LogP contribution in [-0.4, -0.2) is 25.0 Å². The van der Waals surface area contributed by atoms with Crippen molar-refractivity contribution < 1.29 is 0 Å². The predicted octanol–water partition coefficient (Wildman–Crippen LogP) is 1.33. The molecule has 0 aliphatic heterocycles. The Morgan fingerprint density at radius 2 is 2.12 bits per heavy atom. The molecule has 1 radical (unpaired) electrons. The molecule has 47 valence electrons. The molecule has 8 heavy (non-hydrogen) atoms. The first-order valence-electron chi connectivity index (χ1n) is 2.79.